The standard InChI is InChI=1S/C25H26N2O3/c1-19(14-15-20-9-3-2-4-10-20)27(17-21-11-7-8-16-26-21)25(28)24-18-29-22-12-5-6-13-23(22)30-24/h2-13,16,19,24H,14-15,17-18H2,1H3/t19-,24-/m1/s1. The number of hydrogen-bond acceptors (Lipinski definition) is 4. The average Bonchev–Trinajstić information content (AvgIpc) is 2.81. The van der Waals surface area contributed by atoms with E-state index in [1.165, 1.54) is 5.56 Å². The van der Waals surface area contributed by atoms with Gasteiger partial charge in [-0.15, -0.1) is 0 Å². The fraction of sp³-hybridized carbons (Fsp3) is 0.280. The Balaban J connectivity index is 1.50. The number of benzene rings is 2. The molecule has 1 aliphatic heterocycles. The molecule has 30 heavy (non-hydrogen) atoms. The Morgan fingerprint density at radius 3 is 2.53 bits per heavy atom. The maximum atomic E-state index is 13.5. The number of carbonyl (C=O) groups is 1. The predicted molar refractivity (Wildman–Crippen MR) is 115 cm³/mol. The molecule has 0 saturated heterocycles. The summed E-state index contributed by atoms with van der Waals surface area (Å²) in [7, 11) is 0. The maximum Gasteiger partial charge on any atom is 0.267 e. The third kappa shape index (κ3) is 4.79. The SMILES string of the molecule is C[C@H](CCc1ccccc1)N(Cc1ccccn1)C(=O)[C@H]1COc2ccccc2O1. The third-order valence-electron chi connectivity index (χ3n) is 5.35. The lowest BCUT2D eigenvalue weighted by atomic mass is 10.0. The molecule has 154 valence electrons. The Labute approximate surface area is 177 Å². The van der Waals surface area contributed by atoms with Gasteiger partial charge < -0.3 is 14.4 Å². The van der Waals surface area contributed by atoms with Crippen molar-refractivity contribution in [1.29, 1.82) is 0 Å². The van der Waals surface area contributed by atoms with E-state index in [1.54, 1.807) is 6.20 Å². The zero-order valence-corrected chi connectivity index (χ0v) is 17.1. The second kappa shape index (κ2) is 9.44. The molecular weight excluding hydrogens is 376 g/mol. The monoisotopic (exact) mass is 402 g/mol. The largest absolute Gasteiger partial charge is 0.485 e. The second-order valence-electron chi connectivity index (χ2n) is 7.52. The van der Waals surface area contributed by atoms with Gasteiger partial charge in [0.2, 0.25) is 6.10 Å². The van der Waals surface area contributed by atoms with Crippen LogP contribution in [-0.2, 0) is 17.8 Å². The van der Waals surface area contributed by atoms with Crippen molar-refractivity contribution in [1.82, 2.24) is 9.88 Å². The molecule has 5 nitrogen and oxygen atoms in total. The smallest absolute Gasteiger partial charge is 0.267 e. The molecule has 5 heteroatoms. The van der Waals surface area contributed by atoms with E-state index in [0.29, 0.717) is 18.0 Å². The van der Waals surface area contributed by atoms with Gasteiger partial charge in [0.25, 0.3) is 5.91 Å². The average molecular weight is 402 g/mol. The molecule has 0 radical (unpaired) electrons. The third-order valence-corrected chi connectivity index (χ3v) is 5.35. The zero-order chi connectivity index (χ0) is 20.8. The van der Waals surface area contributed by atoms with Gasteiger partial charge in [0.1, 0.15) is 6.61 Å². The molecule has 1 amide bonds. The minimum absolute atomic E-state index is 0.0282. The lowest BCUT2D eigenvalue weighted by Crippen LogP contribution is -2.49. The highest BCUT2D eigenvalue weighted by atomic mass is 16.6. The molecule has 2 aromatic carbocycles. The fourth-order valence-electron chi connectivity index (χ4n) is 3.62. The van der Waals surface area contributed by atoms with Crippen LogP contribution in [-0.4, -0.2) is 34.5 Å². The predicted octanol–water partition coefficient (Wildman–Crippen LogP) is 4.27. The van der Waals surface area contributed by atoms with Crippen molar-refractivity contribution in [3.05, 3.63) is 90.3 Å². The van der Waals surface area contributed by atoms with E-state index in [0.717, 1.165) is 18.5 Å². The number of pyridine rings is 1. The van der Waals surface area contributed by atoms with Crippen LogP contribution in [0.15, 0.2) is 79.0 Å². The number of amides is 1. The van der Waals surface area contributed by atoms with Gasteiger partial charge in [-0.3, -0.25) is 9.78 Å². The number of aromatic nitrogens is 1. The van der Waals surface area contributed by atoms with Gasteiger partial charge in [-0.05, 0) is 49.6 Å². The molecule has 2 atom stereocenters. The Morgan fingerprint density at radius 1 is 1.03 bits per heavy atom. The minimum Gasteiger partial charge on any atom is -0.485 e. The Hall–Kier alpha value is -3.34. The van der Waals surface area contributed by atoms with E-state index in [9.17, 15) is 4.79 Å². The molecule has 0 fully saturated rings. The summed E-state index contributed by atoms with van der Waals surface area (Å²) in [6, 6.07) is 23.6. The lowest BCUT2D eigenvalue weighted by molar-refractivity contribution is -0.144. The van der Waals surface area contributed by atoms with Gasteiger partial charge in [0, 0.05) is 12.2 Å². The maximum absolute atomic E-state index is 13.5. The highest BCUT2D eigenvalue weighted by Crippen LogP contribution is 2.31. The zero-order valence-electron chi connectivity index (χ0n) is 17.1. The molecule has 3 aromatic rings. The number of hydrogen-bond donors (Lipinski definition) is 0. The summed E-state index contributed by atoms with van der Waals surface area (Å²) < 4.78 is 11.8. The van der Waals surface area contributed by atoms with Crippen LogP contribution in [0.25, 0.3) is 0 Å². The summed E-state index contributed by atoms with van der Waals surface area (Å²) in [5.74, 6) is 1.21. The summed E-state index contributed by atoms with van der Waals surface area (Å²) >= 11 is 0. The number of aryl methyl sites for hydroxylation is 1. The van der Waals surface area contributed by atoms with E-state index in [4.69, 9.17) is 9.47 Å². The van der Waals surface area contributed by atoms with Crippen LogP contribution < -0.4 is 9.47 Å². The molecular formula is C25H26N2O3. The molecule has 2 heterocycles. The number of carbonyl (C=O) groups excluding carboxylic acids is 1. The molecule has 0 bridgehead atoms. The first-order chi connectivity index (χ1) is 14.7. The second-order valence-corrected chi connectivity index (χ2v) is 7.52. The summed E-state index contributed by atoms with van der Waals surface area (Å²) in [5.41, 5.74) is 2.12. The van der Waals surface area contributed by atoms with Crippen LogP contribution in [0.1, 0.15) is 24.6 Å². The summed E-state index contributed by atoms with van der Waals surface area (Å²) in [5, 5.41) is 0. The quantitative estimate of drug-likeness (QED) is 0.592. The van der Waals surface area contributed by atoms with Gasteiger partial charge >= 0.3 is 0 Å². The molecule has 4 rings (SSSR count). The summed E-state index contributed by atoms with van der Waals surface area (Å²) in [6.45, 7) is 2.73. The van der Waals surface area contributed by atoms with Gasteiger partial charge in [0.05, 0.1) is 12.2 Å². The number of nitrogens with zero attached hydrogens (tertiary/aromatic N) is 2. The molecule has 0 unspecified atom stereocenters. The van der Waals surface area contributed by atoms with Crippen molar-refractivity contribution in [3.63, 3.8) is 0 Å². The van der Waals surface area contributed by atoms with Crippen LogP contribution in [0.3, 0.4) is 0 Å². The van der Waals surface area contributed by atoms with Gasteiger partial charge in [-0.25, -0.2) is 0 Å². The molecule has 0 spiro atoms. The van der Waals surface area contributed by atoms with Crippen LogP contribution in [0.4, 0.5) is 0 Å². The molecule has 1 aromatic heterocycles. The number of ether oxygens (including phenoxy) is 2. The highest BCUT2D eigenvalue weighted by Gasteiger charge is 2.33. The summed E-state index contributed by atoms with van der Waals surface area (Å²) in [6.07, 6.45) is 2.84. The lowest BCUT2D eigenvalue weighted by Gasteiger charge is -2.34. The van der Waals surface area contributed by atoms with E-state index in [1.807, 2.05) is 65.6 Å². The van der Waals surface area contributed by atoms with Crippen molar-refractivity contribution in [3.8, 4) is 11.5 Å². The molecule has 0 N–H and O–H groups in total. The van der Waals surface area contributed by atoms with Gasteiger partial charge in [-0.2, -0.15) is 0 Å². The minimum atomic E-state index is -0.664. The summed E-state index contributed by atoms with van der Waals surface area (Å²) in [4.78, 5) is 19.7. The number of para-hydroxylation sites is 2. The first-order valence-electron chi connectivity index (χ1n) is 10.3. The molecule has 0 saturated carbocycles. The Morgan fingerprint density at radius 2 is 1.77 bits per heavy atom. The Bertz CT molecular complexity index is 962. The van der Waals surface area contributed by atoms with Gasteiger partial charge in [-0.1, -0.05) is 48.5 Å². The van der Waals surface area contributed by atoms with Crippen molar-refractivity contribution < 1.29 is 14.3 Å². The van der Waals surface area contributed by atoms with Crippen molar-refractivity contribution in [2.75, 3.05) is 6.61 Å². The van der Waals surface area contributed by atoms with Crippen LogP contribution in [0, 0.1) is 0 Å². The highest BCUT2D eigenvalue weighted by molar-refractivity contribution is 5.82. The van der Waals surface area contributed by atoms with E-state index in [-0.39, 0.29) is 18.6 Å². The Kier molecular flexibility index (Phi) is 6.28. The molecule has 1 aliphatic rings. The van der Waals surface area contributed by atoms with Crippen LogP contribution in [0.5, 0.6) is 11.5 Å². The first-order valence-corrected chi connectivity index (χ1v) is 10.3. The topological polar surface area (TPSA) is 51.7 Å². The normalized spacial score (nSPS) is 16.0. The van der Waals surface area contributed by atoms with Crippen LogP contribution >= 0.6 is 0 Å². The van der Waals surface area contributed by atoms with Gasteiger partial charge in [0.15, 0.2) is 11.5 Å². The number of rotatable bonds is 7. The number of fused-ring (bicyclic) bond motifs is 1. The van der Waals surface area contributed by atoms with Crippen molar-refractivity contribution in [2.24, 2.45) is 0 Å². The van der Waals surface area contributed by atoms with Crippen molar-refractivity contribution in [2.45, 2.75) is 38.5 Å². The fourth-order valence-corrected chi connectivity index (χ4v) is 3.62. The first kappa shape index (κ1) is 20.0. The molecule has 0 aliphatic carbocycles. The van der Waals surface area contributed by atoms with Crippen molar-refractivity contribution >= 4 is 5.91 Å². The van der Waals surface area contributed by atoms with E-state index >= 15 is 0 Å². The van der Waals surface area contributed by atoms with E-state index < -0.39 is 6.10 Å². The van der Waals surface area contributed by atoms with Crippen LogP contribution in [0.2, 0.25) is 0 Å². The van der Waals surface area contributed by atoms with E-state index in [2.05, 4.69) is 24.0 Å².